The van der Waals surface area contributed by atoms with Gasteiger partial charge in [0.2, 0.25) is 5.95 Å². The average molecular weight is 359 g/mol. The molecule has 0 spiro atoms. The summed E-state index contributed by atoms with van der Waals surface area (Å²) in [6, 6.07) is 5.59. The molecule has 5 nitrogen and oxygen atoms in total. The maximum atomic E-state index is 12.7. The molecule has 0 saturated carbocycles. The summed E-state index contributed by atoms with van der Waals surface area (Å²) in [5.41, 5.74) is 3.28. The number of anilines is 2. The van der Waals surface area contributed by atoms with Crippen LogP contribution < -0.4 is 5.32 Å². The van der Waals surface area contributed by atoms with E-state index in [0.29, 0.717) is 22.6 Å². The van der Waals surface area contributed by atoms with Crippen LogP contribution in [0.25, 0.3) is 0 Å². The van der Waals surface area contributed by atoms with Gasteiger partial charge in [0, 0.05) is 19.3 Å². The maximum Gasteiger partial charge on any atom is 0.272 e. The highest BCUT2D eigenvalue weighted by Gasteiger charge is 2.22. The molecule has 2 aromatic rings. The zero-order valence-electron chi connectivity index (χ0n) is 14.8. The molecule has 0 aliphatic carbocycles. The zero-order valence-corrected chi connectivity index (χ0v) is 15.6. The number of halogens is 1. The highest BCUT2D eigenvalue weighted by Crippen LogP contribution is 2.29. The first kappa shape index (κ1) is 17.7. The molecule has 1 aromatic carbocycles. The van der Waals surface area contributed by atoms with E-state index in [4.69, 9.17) is 11.6 Å². The summed E-state index contributed by atoms with van der Waals surface area (Å²) in [7, 11) is 0. The van der Waals surface area contributed by atoms with Crippen molar-refractivity contribution in [3.05, 3.63) is 46.2 Å². The van der Waals surface area contributed by atoms with Crippen molar-refractivity contribution in [2.45, 2.75) is 33.6 Å². The number of amides is 1. The van der Waals surface area contributed by atoms with Gasteiger partial charge in [-0.25, -0.2) is 9.97 Å². The predicted molar refractivity (Wildman–Crippen MR) is 101 cm³/mol. The number of rotatable bonds is 3. The molecule has 3 rings (SSSR count). The number of aromatic nitrogens is 2. The Hall–Kier alpha value is -2.14. The standard InChI is InChI=1S/C19H23ClN4O/c1-12-5-8-24(9-6-12)18(25)16-4-7-21-19(22-16)23-17-14(3)10-13(2)11-15(17)20/h4,7,10-12H,5-6,8-9H2,1-3H3,(H,21,22,23). The number of hydrogen-bond acceptors (Lipinski definition) is 4. The fraction of sp³-hybridized carbons (Fsp3) is 0.421. The summed E-state index contributed by atoms with van der Waals surface area (Å²) < 4.78 is 0. The Morgan fingerprint density at radius 1 is 1.28 bits per heavy atom. The van der Waals surface area contributed by atoms with E-state index in [0.717, 1.165) is 42.7 Å². The number of carbonyl (C=O) groups excluding carboxylic acids is 1. The van der Waals surface area contributed by atoms with Gasteiger partial charge in [-0.05, 0) is 55.9 Å². The van der Waals surface area contributed by atoms with E-state index in [9.17, 15) is 4.79 Å². The third-order valence-corrected chi connectivity index (χ3v) is 4.91. The molecule has 1 N–H and O–H groups in total. The van der Waals surface area contributed by atoms with Gasteiger partial charge in [0.25, 0.3) is 5.91 Å². The van der Waals surface area contributed by atoms with Crippen molar-refractivity contribution in [2.24, 2.45) is 5.92 Å². The van der Waals surface area contributed by atoms with Crippen LogP contribution in [0.4, 0.5) is 11.6 Å². The van der Waals surface area contributed by atoms with Crippen molar-refractivity contribution in [3.8, 4) is 0 Å². The maximum absolute atomic E-state index is 12.7. The van der Waals surface area contributed by atoms with Crippen molar-refractivity contribution < 1.29 is 4.79 Å². The second-order valence-corrected chi connectivity index (χ2v) is 7.21. The van der Waals surface area contributed by atoms with Gasteiger partial charge in [0.05, 0.1) is 10.7 Å². The molecule has 25 heavy (non-hydrogen) atoms. The van der Waals surface area contributed by atoms with Crippen molar-refractivity contribution in [1.82, 2.24) is 14.9 Å². The van der Waals surface area contributed by atoms with Gasteiger partial charge in [-0.2, -0.15) is 0 Å². The first-order valence-electron chi connectivity index (χ1n) is 8.60. The van der Waals surface area contributed by atoms with Gasteiger partial charge in [0.15, 0.2) is 0 Å². The van der Waals surface area contributed by atoms with Crippen molar-refractivity contribution in [3.63, 3.8) is 0 Å². The number of aryl methyl sites for hydroxylation is 2. The van der Waals surface area contributed by atoms with Crippen LogP contribution in [-0.2, 0) is 0 Å². The van der Waals surface area contributed by atoms with Crippen molar-refractivity contribution in [2.75, 3.05) is 18.4 Å². The highest BCUT2D eigenvalue weighted by molar-refractivity contribution is 6.33. The normalized spacial score (nSPS) is 15.3. The molecule has 0 atom stereocenters. The quantitative estimate of drug-likeness (QED) is 0.885. The first-order chi connectivity index (χ1) is 11.9. The summed E-state index contributed by atoms with van der Waals surface area (Å²) >= 11 is 6.33. The summed E-state index contributed by atoms with van der Waals surface area (Å²) in [6.45, 7) is 7.77. The van der Waals surface area contributed by atoms with Gasteiger partial charge < -0.3 is 10.2 Å². The van der Waals surface area contributed by atoms with E-state index in [2.05, 4.69) is 22.2 Å². The molecule has 1 aliphatic heterocycles. The monoisotopic (exact) mass is 358 g/mol. The lowest BCUT2D eigenvalue weighted by Gasteiger charge is -2.30. The van der Waals surface area contributed by atoms with Crippen molar-refractivity contribution in [1.29, 1.82) is 0 Å². The molecule has 1 aromatic heterocycles. The van der Waals surface area contributed by atoms with E-state index >= 15 is 0 Å². The Labute approximate surface area is 153 Å². The number of nitrogens with one attached hydrogen (secondary N) is 1. The Bertz CT molecular complexity index is 762. The van der Waals surface area contributed by atoms with Gasteiger partial charge in [-0.15, -0.1) is 0 Å². The lowest BCUT2D eigenvalue weighted by Crippen LogP contribution is -2.38. The summed E-state index contributed by atoms with van der Waals surface area (Å²) in [4.78, 5) is 23.2. The second kappa shape index (κ2) is 7.40. The minimum atomic E-state index is -0.0379. The number of piperidine rings is 1. The zero-order chi connectivity index (χ0) is 18.0. The predicted octanol–water partition coefficient (Wildman–Crippen LogP) is 4.36. The van der Waals surface area contributed by atoms with Gasteiger partial charge >= 0.3 is 0 Å². The molecular formula is C19H23ClN4O. The lowest BCUT2D eigenvalue weighted by atomic mass is 9.99. The SMILES string of the molecule is Cc1cc(C)c(Nc2nccc(C(=O)N3CCC(C)CC3)n2)c(Cl)c1. The van der Waals surface area contributed by atoms with Crippen LogP contribution in [0, 0.1) is 19.8 Å². The third kappa shape index (κ3) is 4.10. The second-order valence-electron chi connectivity index (χ2n) is 6.80. The minimum absolute atomic E-state index is 0.0379. The number of hydrogen-bond donors (Lipinski definition) is 1. The number of carbonyl (C=O) groups is 1. The van der Waals surface area contributed by atoms with Crippen LogP contribution in [0.1, 0.15) is 41.4 Å². The van der Waals surface area contributed by atoms with Gasteiger partial charge in [-0.1, -0.05) is 24.6 Å². The molecular weight excluding hydrogens is 336 g/mol. The van der Waals surface area contributed by atoms with E-state index in [1.807, 2.05) is 30.9 Å². The van der Waals surface area contributed by atoms with Crippen LogP contribution >= 0.6 is 11.6 Å². The molecule has 6 heteroatoms. The minimum Gasteiger partial charge on any atom is -0.337 e. The van der Waals surface area contributed by atoms with Crippen LogP contribution in [0.2, 0.25) is 5.02 Å². The number of likely N-dealkylation sites (tertiary alicyclic amines) is 1. The van der Waals surface area contributed by atoms with E-state index in [1.54, 1.807) is 12.3 Å². The van der Waals surface area contributed by atoms with Gasteiger partial charge in [-0.3, -0.25) is 4.79 Å². The highest BCUT2D eigenvalue weighted by atomic mass is 35.5. The number of benzene rings is 1. The van der Waals surface area contributed by atoms with E-state index < -0.39 is 0 Å². The molecule has 0 bridgehead atoms. The Morgan fingerprint density at radius 3 is 2.68 bits per heavy atom. The van der Waals surface area contributed by atoms with Crippen LogP contribution in [0.3, 0.4) is 0 Å². The Kier molecular flexibility index (Phi) is 5.23. The molecule has 132 valence electrons. The largest absolute Gasteiger partial charge is 0.337 e. The average Bonchev–Trinajstić information content (AvgIpc) is 2.58. The molecule has 0 radical (unpaired) electrons. The third-order valence-electron chi connectivity index (χ3n) is 4.61. The fourth-order valence-corrected chi connectivity index (χ4v) is 3.47. The first-order valence-corrected chi connectivity index (χ1v) is 8.98. The Morgan fingerprint density at radius 2 is 2.00 bits per heavy atom. The number of nitrogens with zero attached hydrogens (tertiary/aromatic N) is 3. The molecule has 1 fully saturated rings. The smallest absolute Gasteiger partial charge is 0.272 e. The van der Waals surface area contributed by atoms with Crippen LogP contribution in [0.15, 0.2) is 24.4 Å². The molecule has 1 aliphatic rings. The van der Waals surface area contributed by atoms with E-state index in [-0.39, 0.29) is 5.91 Å². The molecule has 0 unspecified atom stereocenters. The molecule has 1 saturated heterocycles. The Balaban J connectivity index is 1.79. The summed E-state index contributed by atoms with van der Waals surface area (Å²) in [5, 5.41) is 3.76. The fourth-order valence-electron chi connectivity index (χ4n) is 3.10. The molecule has 1 amide bonds. The van der Waals surface area contributed by atoms with Gasteiger partial charge in [0.1, 0.15) is 5.69 Å². The van der Waals surface area contributed by atoms with E-state index in [1.165, 1.54) is 0 Å². The summed E-state index contributed by atoms with van der Waals surface area (Å²) in [6.07, 6.45) is 3.69. The lowest BCUT2D eigenvalue weighted by molar-refractivity contribution is 0.0691. The van der Waals surface area contributed by atoms with Crippen LogP contribution in [0.5, 0.6) is 0 Å². The topological polar surface area (TPSA) is 58.1 Å². The summed E-state index contributed by atoms with van der Waals surface area (Å²) in [5.74, 6) is 1.02. The van der Waals surface area contributed by atoms with Crippen molar-refractivity contribution >= 4 is 29.1 Å². The molecule has 2 heterocycles. The van der Waals surface area contributed by atoms with Crippen LogP contribution in [-0.4, -0.2) is 33.9 Å².